The van der Waals surface area contributed by atoms with Crippen molar-refractivity contribution in [1.29, 1.82) is 0 Å². The van der Waals surface area contributed by atoms with Crippen LogP contribution >= 0.6 is 0 Å². The zero-order valence-electron chi connectivity index (χ0n) is 8.81. The lowest BCUT2D eigenvalue weighted by molar-refractivity contribution is -0.118. The van der Waals surface area contributed by atoms with Gasteiger partial charge in [0, 0.05) is 5.92 Å². The van der Waals surface area contributed by atoms with Crippen LogP contribution in [0, 0.1) is 5.92 Å². The van der Waals surface area contributed by atoms with Gasteiger partial charge in [-0.15, -0.1) is 0 Å². The van der Waals surface area contributed by atoms with Crippen LogP contribution in [0.5, 0.6) is 0 Å². The molecule has 0 aromatic rings. The molecule has 3 heteroatoms. The Morgan fingerprint density at radius 1 is 1.53 bits per heavy atom. The van der Waals surface area contributed by atoms with E-state index in [4.69, 9.17) is 5.73 Å². The van der Waals surface area contributed by atoms with E-state index >= 15 is 0 Å². The maximum absolute atomic E-state index is 11.1. The van der Waals surface area contributed by atoms with E-state index in [1.807, 2.05) is 18.4 Å². The number of nitrogens with two attached hydrogens (primary N) is 1. The molecule has 0 aromatic heterocycles. The summed E-state index contributed by atoms with van der Waals surface area (Å²) in [4.78, 5) is 11.1. The third-order valence-corrected chi connectivity index (χ3v) is 3.00. The molecular formula is C12H16N2O. The average molecular weight is 204 g/mol. The number of hydrogen-bond donors (Lipinski definition) is 2. The first-order valence-electron chi connectivity index (χ1n) is 5.24. The maximum Gasteiger partial charge on any atom is 0.146 e. The lowest BCUT2D eigenvalue weighted by Gasteiger charge is -2.20. The molecule has 0 bridgehead atoms. The first-order valence-corrected chi connectivity index (χ1v) is 5.24. The normalized spacial score (nSPS) is 29.3. The first-order chi connectivity index (χ1) is 7.18. The van der Waals surface area contributed by atoms with E-state index in [1.165, 1.54) is 5.57 Å². The van der Waals surface area contributed by atoms with Crippen molar-refractivity contribution in [3.05, 3.63) is 36.1 Å². The minimum Gasteiger partial charge on any atom is -0.384 e. The lowest BCUT2D eigenvalue weighted by Crippen LogP contribution is -2.30. The molecule has 80 valence electrons. The molecule has 0 saturated heterocycles. The maximum atomic E-state index is 11.1. The van der Waals surface area contributed by atoms with Gasteiger partial charge in [-0.1, -0.05) is 24.3 Å². The lowest BCUT2D eigenvalue weighted by atomic mass is 9.87. The molecule has 0 saturated carbocycles. The summed E-state index contributed by atoms with van der Waals surface area (Å²) in [5.74, 6) is 0.426. The quantitative estimate of drug-likeness (QED) is 0.718. The van der Waals surface area contributed by atoms with Crippen molar-refractivity contribution in [2.75, 3.05) is 0 Å². The molecule has 2 aliphatic rings. The van der Waals surface area contributed by atoms with E-state index in [0.29, 0.717) is 18.4 Å². The summed E-state index contributed by atoms with van der Waals surface area (Å²) >= 11 is 0. The fraction of sp³-hybridized carbons (Fsp3) is 0.417. The zero-order chi connectivity index (χ0) is 10.8. The van der Waals surface area contributed by atoms with Gasteiger partial charge in [0.1, 0.15) is 5.78 Å². The molecule has 2 rings (SSSR count). The van der Waals surface area contributed by atoms with Crippen LogP contribution in [0.1, 0.15) is 13.3 Å². The Kier molecular flexibility index (Phi) is 2.73. The third kappa shape index (κ3) is 2.02. The molecule has 3 unspecified atom stereocenters. The summed E-state index contributed by atoms with van der Waals surface area (Å²) in [5.41, 5.74) is 6.98. The monoisotopic (exact) mass is 204 g/mol. The van der Waals surface area contributed by atoms with Crippen LogP contribution in [0.4, 0.5) is 0 Å². The summed E-state index contributed by atoms with van der Waals surface area (Å²) in [6.07, 6.45) is 11.0. The minimum absolute atomic E-state index is 0.0506. The second-order valence-corrected chi connectivity index (χ2v) is 4.13. The van der Waals surface area contributed by atoms with Gasteiger partial charge in [-0.2, -0.15) is 0 Å². The fourth-order valence-electron chi connectivity index (χ4n) is 2.01. The first kappa shape index (κ1) is 10.2. The number of Topliss-reactive ketones (excluding diaryl/α,β-unsaturated/α-hetero) is 1. The number of hydrogen-bond acceptors (Lipinski definition) is 3. The molecule has 1 aliphatic heterocycles. The fourth-order valence-corrected chi connectivity index (χ4v) is 2.01. The number of rotatable bonds is 3. The van der Waals surface area contributed by atoms with Gasteiger partial charge in [0.2, 0.25) is 0 Å². The van der Waals surface area contributed by atoms with E-state index in [1.54, 1.807) is 6.92 Å². The van der Waals surface area contributed by atoms with E-state index in [-0.39, 0.29) is 11.8 Å². The molecule has 3 N–H and O–H groups in total. The highest BCUT2D eigenvalue weighted by molar-refractivity contribution is 5.81. The SMILES string of the molecule is CC(=O)C(N)CC1=CNC2C=CC=CC12. The van der Waals surface area contributed by atoms with Crippen molar-refractivity contribution in [1.82, 2.24) is 5.32 Å². The van der Waals surface area contributed by atoms with Crippen molar-refractivity contribution < 1.29 is 4.79 Å². The number of carbonyl (C=O) groups is 1. The smallest absolute Gasteiger partial charge is 0.146 e. The summed E-state index contributed by atoms with van der Waals surface area (Å²) in [6.45, 7) is 1.54. The van der Waals surface area contributed by atoms with E-state index in [0.717, 1.165) is 0 Å². The molecule has 1 aliphatic carbocycles. The van der Waals surface area contributed by atoms with Gasteiger partial charge in [0.05, 0.1) is 12.1 Å². The van der Waals surface area contributed by atoms with E-state index in [2.05, 4.69) is 17.5 Å². The largest absolute Gasteiger partial charge is 0.384 e. The summed E-state index contributed by atoms with van der Waals surface area (Å²) in [5, 5.41) is 3.29. The molecule has 3 nitrogen and oxygen atoms in total. The summed E-state index contributed by atoms with van der Waals surface area (Å²) in [6, 6.07) is -0.0136. The molecule has 15 heavy (non-hydrogen) atoms. The highest BCUT2D eigenvalue weighted by Gasteiger charge is 2.28. The van der Waals surface area contributed by atoms with Gasteiger partial charge in [0.15, 0.2) is 0 Å². The van der Waals surface area contributed by atoms with Gasteiger partial charge >= 0.3 is 0 Å². The molecule has 1 heterocycles. The van der Waals surface area contributed by atoms with Crippen molar-refractivity contribution in [3.8, 4) is 0 Å². The van der Waals surface area contributed by atoms with Crippen LogP contribution in [-0.4, -0.2) is 17.9 Å². The molecule has 0 fully saturated rings. The topological polar surface area (TPSA) is 55.1 Å². The second-order valence-electron chi connectivity index (χ2n) is 4.13. The molecule has 0 aromatic carbocycles. The average Bonchev–Trinajstić information content (AvgIpc) is 2.62. The summed E-state index contributed by atoms with van der Waals surface area (Å²) < 4.78 is 0. The van der Waals surface area contributed by atoms with Crippen molar-refractivity contribution in [3.63, 3.8) is 0 Å². The Morgan fingerprint density at radius 2 is 2.27 bits per heavy atom. The van der Waals surface area contributed by atoms with Gasteiger partial charge in [-0.25, -0.2) is 0 Å². The Hall–Kier alpha value is -1.35. The van der Waals surface area contributed by atoms with Crippen molar-refractivity contribution >= 4 is 5.78 Å². The van der Waals surface area contributed by atoms with Crippen LogP contribution in [-0.2, 0) is 4.79 Å². The van der Waals surface area contributed by atoms with Crippen LogP contribution < -0.4 is 11.1 Å². The number of carbonyl (C=O) groups excluding carboxylic acids is 1. The summed E-state index contributed by atoms with van der Waals surface area (Å²) in [7, 11) is 0. The van der Waals surface area contributed by atoms with E-state index in [9.17, 15) is 4.79 Å². The Balaban J connectivity index is 2.03. The predicted molar refractivity (Wildman–Crippen MR) is 60.1 cm³/mol. The van der Waals surface area contributed by atoms with Gasteiger partial charge in [-0.3, -0.25) is 4.79 Å². The standard InChI is InChI=1S/C12H16N2O/c1-8(15)11(13)6-9-7-14-12-5-3-2-4-10(9)12/h2-5,7,10-12,14H,6,13H2,1H3. The number of fused-ring (bicyclic) bond motifs is 1. The predicted octanol–water partition coefficient (Wildman–Crippen LogP) is 0.891. The van der Waals surface area contributed by atoms with Crippen molar-refractivity contribution in [2.45, 2.75) is 25.4 Å². The van der Waals surface area contributed by atoms with Crippen LogP contribution in [0.2, 0.25) is 0 Å². The van der Waals surface area contributed by atoms with Crippen molar-refractivity contribution in [2.24, 2.45) is 11.7 Å². The second kappa shape index (κ2) is 4.03. The van der Waals surface area contributed by atoms with Crippen LogP contribution in [0.3, 0.4) is 0 Å². The third-order valence-electron chi connectivity index (χ3n) is 3.00. The zero-order valence-corrected chi connectivity index (χ0v) is 8.81. The number of allylic oxidation sites excluding steroid dienone is 2. The molecule has 3 atom stereocenters. The Morgan fingerprint density at radius 3 is 3.00 bits per heavy atom. The highest BCUT2D eigenvalue weighted by atomic mass is 16.1. The van der Waals surface area contributed by atoms with Gasteiger partial charge in [0.25, 0.3) is 0 Å². The molecule has 0 radical (unpaired) electrons. The van der Waals surface area contributed by atoms with Gasteiger partial charge in [-0.05, 0) is 25.1 Å². The number of ketones is 1. The minimum atomic E-state index is -0.365. The van der Waals surface area contributed by atoms with Crippen LogP contribution in [0.25, 0.3) is 0 Å². The van der Waals surface area contributed by atoms with Gasteiger partial charge < -0.3 is 11.1 Å². The number of nitrogens with one attached hydrogen (secondary N) is 1. The highest BCUT2D eigenvalue weighted by Crippen LogP contribution is 2.28. The van der Waals surface area contributed by atoms with E-state index < -0.39 is 0 Å². The Bertz CT molecular complexity index is 355. The molecular weight excluding hydrogens is 188 g/mol. The Labute approximate surface area is 89.7 Å². The van der Waals surface area contributed by atoms with Crippen LogP contribution in [0.15, 0.2) is 36.1 Å². The molecule has 0 amide bonds. The molecule has 0 spiro atoms.